The van der Waals surface area contributed by atoms with E-state index in [2.05, 4.69) is 16.7 Å². The summed E-state index contributed by atoms with van der Waals surface area (Å²) in [5.41, 5.74) is 1.66. The molecule has 1 heterocycles. The molecule has 0 unspecified atom stereocenters. The van der Waals surface area contributed by atoms with Crippen LogP contribution in [0.25, 0.3) is 0 Å². The molecule has 130 valence electrons. The van der Waals surface area contributed by atoms with Crippen LogP contribution < -0.4 is 15.4 Å². The largest absolute Gasteiger partial charge is 0.492 e. The number of ether oxygens (including phenoxy) is 2. The summed E-state index contributed by atoms with van der Waals surface area (Å²) < 4.78 is 11.2. The van der Waals surface area contributed by atoms with E-state index < -0.39 is 5.60 Å². The Morgan fingerprint density at radius 1 is 1.22 bits per heavy atom. The van der Waals surface area contributed by atoms with Gasteiger partial charge in [0.05, 0.1) is 6.54 Å². The first-order valence-electron chi connectivity index (χ1n) is 7.81. The van der Waals surface area contributed by atoms with Gasteiger partial charge >= 0.3 is 0 Å². The lowest BCUT2D eigenvalue weighted by molar-refractivity contribution is -0.146. The number of rotatable bonds is 6. The Balaban J connectivity index is 0.00000264. The normalized spacial score (nSPS) is 16.3. The maximum Gasteiger partial charge on any atom is 0.252 e. The zero-order chi connectivity index (χ0) is 16.0. The fraction of sp³-hybridized carbons (Fsp3) is 0.588. The summed E-state index contributed by atoms with van der Waals surface area (Å²) in [6.45, 7) is 6.62. The molecule has 23 heavy (non-hydrogen) atoms. The minimum Gasteiger partial charge on any atom is -0.492 e. The Bertz CT molecular complexity index is 496. The number of halogens is 1. The molecule has 6 heteroatoms. The molecule has 2 rings (SSSR count). The van der Waals surface area contributed by atoms with Crippen molar-refractivity contribution in [1.82, 2.24) is 10.6 Å². The van der Waals surface area contributed by atoms with Gasteiger partial charge in [-0.3, -0.25) is 4.79 Å². The molecule has 0 bridgehead atoms. The van der Waals surface area contributed by atoms with Crippen molar-refractivity contribution in [2.24, 2.45) is 0 Å². The second-order valence-corrected chi connectivity index (χ2v) is 5.88. The SMILES string of the molecule is COC1(C(=O)NCCOc2cc(C)cc(C)c2)CCNCC1.Cl. The molecular formula is C17H27ClN2O3. The number of nitrogens with one attached hydrogen (secondary N) is 2. The number of amides is 1. The topological polar surface area (TPSA) is 59.6 Å². The molecule has 0 radical (unpaired) electrons. The number of piperidine rings is 1. The molecule has 1 aromatic rings. The molecule has 5 nitrogen and oxygen atoms in total. The van der Waals surface area contributed by atoms with Crippen LogP contribution >= 0.6 is 12.4 Å². The van der Waals surface area contributed by atoms with E-state index in [1.807, 2.05) is 26.0 Å². The van der Waals surface area contributed by atoms with Crippen LogP contribution in [0.15, 0.2) is 18.2 Å². The average molecular weight is 343 g/mol. The van der Waals surface area contributed by atoms with Crippen molar-refractivity contribution in [3.05, 3.63) is 29.3 Å². The monoisotopic (exact) mass is 342 g/mol. The summed E-state index contributed by atoms with van der Waals surface area (Å²) >= 11 is 0. The highest BCUT2D eigenvalue weighted by molar-refractivity contribution is 5.85. The molecule has 0 spiro atoms. The van der Waals surface area contributed by atoms with Crippen molar-refractivity contribution in [3.8, 4) is 5.75 Å². The molecule has 0 saturated carbocycles. The van der Waals surface area contributed by atoms with Gasteiger partial charge in [0.25, 0.3) is 5.91 Å². The third kappa shape index (κ3) is 5.37. The molecule has 1 aliphatic heterocycles. The van der Waals surface area contributed by atoms with Crippen molar-refractivity contribution >= 4 is 18.3 Å². The molecular weight excluding hydrogens is 316 g/mol. The van der Waals surface area contributed by atoms with Crippen LogP contribution in [-0.2, 0) is 9.53 Å². The summed E-state index contributed by atoms with van der Waals surface area (Å²) in [5.74, 6) is 0.801. The molecule has 0 aromatic heterocycles. The van der Waals surface area contributed by atoms with Gasteiger partial charge in [0.15, 0.2) is 0 Å². The fourth-order valence-electron chi connectivity index (χ4n) is 2.87. The van der Waals surface area contributed by atoms with E-state index in [4.69, 9.17) is 9.47 Å². The van der Waals surface area contributed by atoms with Crippen molar-refractivity contribution in [3.63, 3.8) is 0 Å². The first-order chi connectivity index (χ1) is 10.6. The van der Waals surface area contributed by atoms with Gasteiger partial charge in [-0.15, -0.1) is 12.4 Å². The maximum atomic E-state index is 12.4. The number of carbonyl (C=O) groups excluding carboxylic acids is 1. The van der Waals surface area contributed by atoms with Gasteiger partial charge in [0.2, 0.25) is 0 Å². The average Bonchev–Trinajstić information content (AvgIpc) is 2.51. The first-order valence-corrected chi connectivity index (χ1v) is 7.81. The highest BCUT2D eigenvalue weighted by atomic mass is 35.5. The zero-order valence-corrected chi connectivity index (χ0v) is 14.9. The molecule has 0 aliphatic carbocycles. The number of aryl methyl sites for hydroxylation is 2. The fourth-order valence-corrected chi connectivity index (χ4v) is 2.87. The van der Waals surface area contributed by atoms with Crippen LogP contribution in [0.2, 0.25) is 0 Å². The number of benzene rings is 1. The standard InChI is InChI=1S/C17H26N2O3.ClH/c1-13-10-14(2)12-15(11-13)22-9-8-19-16(20)17(21-3)4-6-18-7-5-17;/h10-12,18H,4-9H2,1-3H3,(H,19,20);1H. The Morgan fingerprint density at radius 3 is 2.39 bits per heavy atom. The van der Waals surface area contributed by atoms with Crippen molar-refractivity contribution in [1.29, 1.82) is 0 Å². The quantitative estimate of drug-likeness (QED) is 0.776. The third-order valence-corrected chi connectivity index (χ3v) is 4.07. The van der Waals surface area contributed by atoms with Crippen molar-refractivity contribution in [2.45, 2.75) is 32.3 Å². The molecule has 2 N–H and O–H groups in total. The van der Waals surface area contributed by atoms with Gasteiger partial charge in [0, 0.05) is 7.11 Å². The predicted octanol–water partition coefficient (Wildman–Crippen LogP) is 1.99. The van der Waals surface area contributed by atoms with Gasteiger partial charge in [-0.25, -0.2) is 0 Å². The highest BCUT2D eigenvalue weighted by Gasteiger charge is 2.39. The summed E-state index contributed by atoms with van der Waals surface area (Å²) in [6, 6.07) is 6.10. The van der Waals surface area contributed by atoms with Crippen LogP contribution in [0, 0.1) is 13.8 Å². The summed E-state index contributed by atoms with van der Waals surface area (Å²) in [6.07, 6.45) is 1.40. The molecule has 1 fully saturated rings. The van der Waals surface area contributed by atoms with Crippen molar-refractivity contribution in [2.75, 3.05) is 33.4 Å². The summed E-state index contributed by atoms with van der Waals surface area (Å²) in [7, 11) is 1.61. The lowest BCUT2D eigenvalue weighted by Gasteiger charge is -2.34. The minimum atomic E-state index is -0.689. The van der Waals surface area contributed by atoms with Gasteiger partial charge in [0.1, 0.15) is 18.0 Å². The van der Waals surface area contributed by atoms with Gasteiger partial charge in [-0.05, 0) is 63.0 Å². The van der Waals surface area contributed by atoms with Gasteiger partial charge in [-0.1, -0.05) is 6.07 Å². The molecule has 0 atom stereocenters. The van der Waals surface area contributed by atoms with E-state index >= 15 is 0 Å². The summed E-state index contributed by atoms with van der Waals surface area (Å²) in [4.78, 5) is 12.4. The number of hydrogen-bond acceptors (Lipinski definition) is 4. The van der Waals surface area contributed by atoms with Crippen LogP contribution in [0.5, 0.6) is 5.75 Å². The Kier molecular flexibility index (Phi) is 7.82. The van der Waals surface area contributed by atoms with Crippen LogP contribution in [0.1, 0.15) is 24.0 Å². The number of carbonyl (C=O) groups is 1. The number of methoxy groups -OCH3 is 1. The van der Waals surface area contributed by atoms with E-state index in [0.29, 0.717) is 26.0 Å². The lowest BCUT2D eigenvalue weighted by atomic mass is 9.91. The Morgan fingerprint density at radius 2 is 1.83 bits per heavy atom. The maximum absolute atomic E-state index is 12.4. The van der Waals surface area contributed by atoms with Crippen molar-refractivity contribution < 1.29 is 14.3 Å². The lowest BCUT2D eigenvalue weighted by Crippen LogP contribution is -2.54. The second kappa shape index (κ2) is 9.11. The highest BCUT2D eigenvalue weighted by Crippen LogP contribution is 2.22. The van der Waals surface area contributed by atoms with Crippen LogP contribution in [-0.4, -0.2) is 44.9 Å². The Hall–Kier alpha value is -1.30. The first kappa shape index (κ1) is 19.7. The van der Waals surface area contributed by atoms with Crippen LogP contribution in [0.3, 0.4) is 0 Å². The zero-order valence-electron chi connectivity index (χ0n) is 14.1. The second-order valence-electron chi connectivity index (χ2n) is 5.88. The molecule has 1 aromatic carbocycles. The summed E-state index contributed by atoms with van der Waals surface area (Å²) in [5, 5.41) is 6.17. The third-order valence-electron chi connectivity index (χ3n) is 4.07. The van der Waals surface area contributed by atoms with E-state index in [0.717, 1.165) is 18.8 Å². The van der Waals surface area contributed by atoms with E-state index in [9.17, 15) is 4.79 Å². The molecule has 1 aliphatic rings. The van der Waals surface area contributed by atoms with Crippen LogP contribution in [0.4, 0.5) is 0 Å². The predicted molar refractivity (Wildman–Crippen MR) is 93.5 cm³/mol. The minimum absolute atomic E-state index is 0. The smallest absolute Gasteiger partial charge is 0.252 e. The van der Waals surface area contributed by atoms with Gasteiger partial charge in [-0.2, -0.15) is 0 Å². The van der Waals surface area contributed by atoms with Gasteiger partial charge < -0.3 is 20.1 Å². The molecule has 1 saturated heterocycles. The van der Waals surface area contributed by atoms with E-state index in [-0.39, 0.29) is 18.3 Å². The molecule has 1 amide bonds. The van der Waals surface area contributed by atoms with E-state index in [1.165, 1.54) is 11.1 Å². The van der Waals surface area contributed by atoms with E-state index in [1.54, 1.807) is 7.11 Å². The Labute approximate surface area is 144 Å². The number of hydrogen-bond donors (Lipinski definition) is 2.